The minimum atomic E-state index is -0.536. The molecule has 0 spiro atoms. The van der Waals surface area contributed by atoms with Crippen LogP contribution >= 0.6 is 0 Å². The van der Waals surface area contributed by atoms with Gasteiger partial charge in [-0.2, -0.15) is 0 Å². The second kappa shape index (κ2) is 7.30. The van der Waals surface area contributed by atoms with Crippen molar-refractivity contribution in [2.75, 3.05) is 6.54 Å². The normalized spacial score (nSPS) is 16.7. The molecule has 1 aliphatic rings. The van der Waals surface area contributed by atoms with Gasteiger partial charge in [-0.05, 0) is 30.7 Å². The lowest BCUT2D eigenvalue weighted by Crippen LogP contribution is -2.26. The molecule has 0 unspecified atom stereocenters. The fourth-order valence-electron chi connectivity index (χ4n) is 3.32. The third kappa shape index (κ3) is 3.53. The first-order chi connectivity index (χ1) is 13.5. The third-order valence-corrected chi connectivity index (χ3v) is 4.78. The number of likely N-dealkylation sites (tertiary alicyclic amines) is 1. The van der Waals surface area contributed by atoms with Gasteiger partial charge in [-0.25, -0.2) is 4.98 Å². The number of aryl methyl sites for hydroxylation is 1. The van der Waals surface area contributed by atoms with E-state index in [4.69, 9.17) is 9.15 Å². The van der Waals surface area contributed by atoms with Crippen LogP contribution in [0.5, 0.6) is 0 Å². The third-order valence-electron chi connectivity index (χ3n) is 4.78. The molecule has 0 saturated carbocycles. The number of carbonyl (C=O) groups excluding carboxylic acids is 2. The molecule has 8 nitrogen and oxygen atoms in total. The number of fused-ring (bicyclic) bond motifs is 1. The molecule has 1 saturated heterocycles. The molecule has 0 N–H and O–H groups in total. The Labute approximate surface area is 160 Å². The minimum absolute atomic E-state index is 0.104. The molecule has 0 aliphatic carbocycles. The zero-order valence-corrected chi connectivity index (χ0v) is 15.3. The Kier molecular flexibility index (Phi) is 4.68. The van der Waals surface area contributed by atoms with E-state index in [2.05, 4.69) is 4.98 Å². The number of furan rings is 1. The van der Waals surface area contributed by atoms with Gasteiger partial charge in [-0.15, -0.1) is 0 Å². The maximum absolute atomic E-state index is 12.4. The maximum Gasteiger partial charge on any atom is 0.311 e. The first kappa shape index (κ1) is 18.0. The van der Waals surface area contributed by atoms with Crippen LogP contribution in [0.25, 0.3) is 5.65 Å². The summed E-state index contributed by atoms with van der Waals surface area (Å²) in [5.74, 6) is -0.456. The standard InChI is InChI=1S/C20H19N3O5/c1-13-4-2-6-23-18(25)9-15(21-19(13)23)12-28-20(26)14-8-17(24)22(10-14)11-16-5-3-7-27-16/h2-7,9,14H,8,10-12H2,1H3/t14-/m0/s1. The fraction of sp³-hybridized carbons (Fsp3) is 0.300. The van der Waals surface area contributed by atoms with Gasteiger partial charge in [-0.1, -0.05) is 6.07 Å². The van der Waals surface area contributed by atoms with Crippen molar-refractivity contribution in [3.05, 3.63) is 70.2 Å². The summed E-state index contributed by atoms with van der Waals surface area (Å²) in [4.78, 5) is 42.7. The molecular formula is C20H19N3O5. The first-order valence-electron chi connectivity index (χ1n) is 8.96. The minimum Gasteiger partial charge on any atom is -0.467 e. The van der Waals surface area contributed by atoms with Gasteiger partial charge in [0.05, 0.1) is 24.4 Å². The van der Waals surface area contributed by atoms with Gasteiger partial charge in [0, 0.05) is 25.2 Å². The topological polar surface area (TPSA) is 94.1 Å². The van der Waals surface area contributed by atoms with E-state index < -0.39 is 11.9 Å². The lowest BCUT2D eigenvalue weighted by atomic mass is 10.1. The average Bonchev–Trinajstić information content (AvgIpc) is 3.31. The van der Waals surface area contributed by atoms with Crippen molar-refractivity contribution in [1.29, 1.82) is 0 Å². The second-order valence-corrected chi connectivity index (χ2v) is 6.83. The molecule has 28 heavy (non-hydrogen) atoms. The number of rotatable bonds is 5. The molecule has 1 fully saturated rings. The van der Waals surface area contributed by atoms with Gasteiger partial charge in [0.1, 0.15) is 18.0 Å². The first-order valence-corrected chi connectivity index (χ1v) is 8.96. The summed E-state index contributed by atoms with van der Waals surface area (Å²) >= 11 is 0. The molecule has 4 rings (SSSR count). The summed E-state index contributed by atoms with van der Waals surface area (Å²) in [6.45, 7) is 2.36. The maximum atomic E-state index is 12.4. The van der Waals surface area contributed by atoms with Crippen molar-refractivity contribution in [2.45, 2.75) is 26.5 Å². The molecular weight excluding hydrogens is 362 g/mol. The van der Waals surface area contributed by atoms with Crippen molar-refractivity contribution < 1.29 is 18.7 Å². The largest absolute Gasteiger partial charge is 0.467 e. The number of ether oxygens (including phenoxy) is 1. The summed E-state index contributed by atoms with van der Waals surface area (Å²) in [7, 11) is 0. The number of hydrogen-bond acceptors (Lipinski definition) is 6. The highest BCUT2D eigenvalue weighted by molar-refractivity contribution is 5.86. The predicted octanol–water partition coefficient (Wildman–Crippen LogP) is 1.69. The lowest BCUT2D eigenvalue weighted by Gasteiger charge is -2.14. The highest BCUT2D eigenvalue weighted by Crippen LogP contribution is 2.22. The molecule has 1 aliphatic heterocycles. The molecule has 144 valence electrons. The molecule has 8 heteroatoms. The van der Waals surface area contributed by atoms with Crippen molar-refractivity contribution in [1.82, 2.24) is 14.3 Å². The van der Waals surface area contributed by atoms with Crippen LogP contribution in [0.3, 0.4) is 0 Å². The van der Waals surface area contributed by atoms with Crippen LogP contribution in [0.2, 0.25) is 0 Å². The Hall–Kier alpha value is -3.42. The van der Waals surface area contributed by atoms with Crippen molar-refractivity contribution in [2.24, 2.45) is 5.92 Å². The number of carbonyl (C=O) groups is 2. The number of nitrogens with zero attached hydrogens (tertiary/aromatic N) is 3. The quantitative estimate of drug-likeness (QED) is 0.624. The van der Waals surface area contributed by atoms with E-state index in [9.17, 15) is 14.4 Å². The van der Waals surface area contributed by atoms with E-state index in [1.807, 2.05) is 13.0 Å². The van der Waals surface area contributed by atoms with Crippen LogP contribution in [0.15, 0.2) is 52.0 Å². The molecule has 4 heterocycles. The van der Waals surface area contributed by atoms with Crippen LogP contribution < -0.4 is 5.56 Å². The van der Waals surface area contributed by atoms with Gasteiger partial charge >= 0.3 is 5.97 Å². The summed E-state index contributed by atoms with van der Waals surface area (Å²) < 4.78 is 12.0. The van der Waals surface area contributed by atoms with E-state index in [1.54, 1.807) is 35.6 Å². The van der Waals surface area contributed by atoms with Crippen LogP contribution in [0.4, 0.5) is 0 Å². The van der Waals surface area contributed by atoms with Gasteiger partial charge in [0.25, 0.3) is 5.56 Å². The number of hydrogen-bond donors (Lipinski definition) is 0. The van der Waals surface area contributed by atoms with Crippen LogP contribution in [0, 0.1) is 12.8 Å². The summed E-state index contributed by atoms with van der Waals surface area (Å²) in [5, 5.41) is 0. The summed E-state index contributed by atoms with van der Waals surface area (Å²) in [6, 6.07) is 8.52. The van der Waals surface area contributed by atoms with Gasteiger partial charge in [-0.3, -0.25) is 18.8 Å². The highest BCUT2D eigenvalue weighted by atomic mass is 16.5. The van der Waals surface area contributed by atoms with Crippen LogP contribution in [-0.2, 0) is 27.5 Å². The monoisotopic (exact) mass is 381 g/mol. The van der Waals surface area contributed by atoms with Gasteiger partial charge < -0.3 is 14.1 Å². The lowest BCUT2D eigenvalue weighted by molar-refractivity contribution is -0.149. The molecule has 1 atom stereocenters. The Morgan fingerprint density at radius 1 is 1.32 bits per heavy atom. The summed E-state index contributed by atoms with van der Waals surface area (Å²) in [5.41, 5.74) is 1.52. The van der Waals surface area contributed by atoms with E-state index >= 15 is 0 Å². The van der Waals surface area contributed by atoms with Crippen molar-refractivity contribution in [3.8, 4) is 0 Å². The summed E-state index contributed by atoms with van der Waals surface area (Å²) in [6.07, 6.45) is 3.29. The Balaban J connectivity index is 1.41. The van der Waals surface area contributed by atoms with E-state index in [-0.39, 0.29) is 31.0 Å². The zero-order chi connectivity index (χ0) is 19.7. The number of esters is 1. The highest BCUT2D eigenvalue weighted by Gasteiger charge is 2.35. The molecule has 0 radical (unpaired) electrons. The van der Waals surface area contributed by atoms with Crippen molar-refractivity contribution in [3.63, 3.8) is 0 Å². The molecule has 3 aromatic rings. The molecule has 1 amide bonds. The smallest absolute Gasteiger partial charge is 0.311 e. The Morgan fingerprint density at radius 3 is 2.96 bits per heavy atom. The SMILES string of the molecule is Cc1cccn2c(=O)cc(COC(=O)[C@H]3CC(=O)N(Cc4ccco4)C3)nc12. The van der Waals surface area contributed by atoms with Crippen LogP contribution in [0.1, 0.15) is 23.4 Å². The number of amides is 1. The Morgan fingerprint density at radius 2 is 2.18 bits per heavy atom. The predicted molar refractivity (Wildman–Crippen MR) is 98.2 cm³/mol. The van der Waals surface area contributed by atoms with Crippen LogP contribution in [-0.4, -0.2) is 32.7 Å². The number of pyridine rings is 1. The molecule has 0 bridgehead atoms. The molecule has 3 aromatic heterocycles. The van der Waals surface area contributed by atoms with Gasteiger partial charge in [0.2, 0.25) is 5.91 Å². The van der Waals surface area contributed by atoms with Gasteiger partial charge in [0.15, 0.2) is 0 Å². The van der Waals surface area contributed by atoms with E-state index in [0.717, 1.165) is 5.56 Å². The van der Waals surface area contributed by atoms with E-state index in [1.165, 1.54) is 10.5 Å². The van der Waals surface area contributed by atoms with E-state index in [0.29, 0.717) is 23.6 Å². The fourth-order valence-corrected chi connectivity index (χ4v) is 3.32. The zero-order valence-electron chi connectivity index (χ0n) is 15.3. The molecule has 0 aromatic carbocycles. The second-order valence-electron chi connectivity index (χ2n) is 6.83. The average molecular weight is 381 g/mol. The number of aromatic nitrogens is 2. The van der Waals surface area contributed by atoms with Crippen molar-refractivity contribution >= 4 is 17.5 Å². The Bertz CT molecular complexity index is 1090.